The van der Waals surface area contributed by atoms with Crippen LogP contribution in [0.25, 0.3) is 11.3 Å². The number of carbonyl (C=O) groups is 1. The number of rotatable bonds is 6. The molecule has 24 heavy (non-hydrogen) atoms. The van der Waals surface area contributed by atoms with E-state index in [9.17, 15) is 9.18 Å². The standard InChI is InChI=1S/C17H15FN2OS3/c1-11-16(12-4-6-13(18)7-5-12)20-17(24-11)19-15(21)10-22-9-14-3-2-8-23-14/h2-8H,9-10H2,1H3,(H,19,20,21). The van der Waals surface area contributed by atoms with Gasteiger partial charge in [0.15, 0.2) is 5.13 Å². The Balaban J connectivity index is 1.58. The molecular weight excluding hydrogens is 363 g/mol. The average Bonchev–Trinajstić information content (AvgIpc) is 3.18. The highest BCUT2D eigenvalue weighted by atomic mass is 32.2. The molecule has 3 nitrogen and oxygen atoms in total. The smallest absolute Gasteiger partial charge is 0.236 e. The quantitative estimate of drug-likeness (QED) is 0.642. The van der Waals surface area contributed by atoms with Crippen LogP contribution < -0.4 is 5.32 Å². The molecule has 1 amide bonds. The zero-order chi connectivity index (χ0) is 16.9. The number of carbonyl (C=O) groups excluding carboxylic acids is 1. The molecule has 0 atom stereocenters. The molecule has 3 aromatic rings. The third kappa shape index (κ3) is 4.43. The molecule has 0 saturated heterocycles. The van der Waals surface area contributed by atoms with E-state index in [0.29, 0.717) is 10.9 Å². The van der Waals surface area contributed by atoms with Crippen LogP contribution in [0, 0.1) is 12.7 Å². The average molecular weight is 379 g/mol. The molecule has 3 rings (SSSR count). The van der Waals surface area contributed by atoms with Crippen molar-refractivity contribution in [2.75, 3.05) is 11.1 Å². The fourth-order valence-electron chi connectivity index (χ4n) is 2.12. The molecule has 0 bridgehead atoms. The van der Waals surface area contributed by atoms with Crippen molar-refractivity contribution in [2.45, 2.75) is 12.7 Å². The molecule has 0 unspecified atom stereocenters. The van der Waals surface area contributed by atoms with Crippen molar-refractivity contribution in [3.63, 3.8) is 0 Å². The number of hydrogen-bond acceptors (Lipinski definition) is 5. The van der Waals surface area contributed by atoms with Crippen molar-refractivity contribution in [3.8, 4) is 11.3 Å². The summed E-state index contributed by atoms with van der Waals surface area (Å²) in [5, 5.41) is 5.45. The van der Waals surface area contributed by atoms with Gasteiger partial charge in [0.1, 0.15) is 5.82 Å². The van der Waals surface area contributed by atoms with Crippen molar-refractivity contribution in [1.29, 1.82) is 0 Å². The summed E-state index contributed by atoms with van der Waals surface area (Å²) in [5.41, 5.74) is 1.62. The first-order valence-corrected chi connectivity index (χ1v) is 10.1. The van der Waals surface area contributed by atoms with Crippen molar-refractivity contribution in [2.24, 2.45) is 0 Å². The van der Waals surface area contributed by atoms with Gasteiger partial charge in [-0.15, -0.1) is 34.4 Å². The zero-order valence-electron chi connectivity index (χ0n) is 12.9. The maximum atomic E-state index is 13.0. The molecule has 0 saturated carbocycles. The molecule has 2 heterocycles. The van der Waals surface area contributed by atoms with Gasteiger partial charge in [0.2, 0.25) is 5.91 Å². The fourth-order valence-corrected chi connectivity index (χ4v) is 4.64. The van der Waals surface area contributed by atoms with E-state index in [4.69, 9.17) is 0 Å². The minimum absolute atomic E-state index is 0.0593. The van der Waals surface area contributed by atoms with Crippen LogP contribution in [0.2, 0.25) is 0 Å². The van der Waals surface area contributed by atoms with Crippen LogP contribution >= 0.6 is 34.4 Å². The molecule has 0 aliphatic carbocycles. The van der Waals surface area contributed by atoms with E-state index in [1.807, 2.05) is 18.4 Å². The van der Waals surface area contributed by atoms with E-state index < -0.39 is 0 Å². The Morgan fingerprint density at radius 1 is 1.29 bits per heavy atom. The van der Waals surface area contributed by atoms with Gasteiger partial charge in [-0.05, 0) is 42.6 Å². The summed E-state index contributed by atoms with van der Waals surface area (Å²) in [4.78, 5) is 18.7. The number of aryl methyl sites for hydroxylation is 1. The van der Waals surface area contributed by atoms with Gasteiger partial charge in [-0.3, -0.25) is 4.79 Å². The number of thiophene rings is 1. The predicted molar refractivity (Wildman–Crippen MR) is 101 cm³/mol. The van der Waals surface area contributed by atoms with Gasteiger partial charge in [-0.25, -0.2) is 9.37 Å². The molecule has 1 aromatic carbocycles. The number of benzene rings is 1. The van der Waals surface area contributed by atoms with Crippen LogP contribution in [0.1, 0.15) is 9.75 Å². The Labute approximate surface area is 152 Å². The van der Waals surface area contributed by atoms with E-state index in [1.54, 1.807) is 35.2 Å². The zero-order valence-corrected chi connectivity index (χ0v) is 15.4. The second-order valence-electron chi connectivity index (χ2n) is 5.05. The highest BCUT2D eigenvalue weighted by Crippen LogP contribution is 2.30. The lowest BCUT2D eigenvalue weighted by atomic mass is 10.1. The molecular formula is C17H15FN2OS3. The first-order valence-electron chi connectivity index (χ1n) is 7.25. The number of hydrogen-bond donors (Lipinski definition) is 1. The second-order valence-corrected chi connectivity index (χ2v) is 8.27. The highest BCUT2D eigenvalue weighted by Gasteiger charge is 2.12. The van der Waals surface area contributed by atoms with Crippen LogP contribution in [-0.2, 0) is 10.5 Å². The lowest BCUT2D eigenvalue weighted by Crippen LogP contribution is -2.13. The van der Waals surface area contributed by atoms with Gasteiger partial charge in [-0.2, -0.15) is 0 Å². The topological polar surface area (TPSA) is 42.0 Å². The Morgan fingerprint density at radius 3 is 2.79 bits per heavy atom. The summed E-state index contributed by atoms with van der Waals surface area (Å²) < 4.78 is 13.0. The number of nitrogens with one attached hydrogen (secondary N) is 1. The summed E-state index contributed by atoms with van der Waals surface area (Å²) in [6.45, 7) is 1.94. The Kier molecular flexibility index (Phi) is 5.65. The van der Waals surface area contributed by atoms with Crippen LogP contribution in [0.15, 0.2) is 41.8 Å². The maximum absolute atomic E-state index is 13.0. The Morgan fingerprint density at radius 2 is 2.08 bits per heavy atom. The van der Waals surface area contributed by atoms with Gasteiger partial charge >= 0.3 is 0 Å². The largest absolute Gasteiger partial charge is 0.301 e. The third-order valence-electron chi connectivity index (χ3n) is 3.22. The van der Waals surface area contributed by atoms with Crippen molar-refractivity contribution >= 4 is 45.5 Å². The van der Waals surface area contributed by atoms with E-state index in [0.717, 1.165) is 21.9 Å². The Hall–Kier alpha value is -1.70. The van der Waals surface area contributed by atoms with Crippen molar-refractivity contribution < 1.29 is 9.18 Å². The number of thioether (sulfide) groups is 1. The number of aromatic nitrogens is 1. The number of thiazole rings is 1. The van der Waals surface area contributed by atoms with Gasteiger partial charge in [-0.1, -0.05) is 6.07 Å². The molecule has 7 heteroatoms. The first kappa shape index (κ1) is 17.1. The van der Waals surface area contributed by atoms with Crippen LogP contribution in [0.4, 0.5) is 9.52 Å². The highest BCUT2D eigenvalue weighted by molar-refractivity contribution is 7.99. The van der Waals surface area contributed by atoms with Crippen molar-refractivity contribution in [3.05, 3.63) is 57.3 Å². The summed E-state index contributed by atoms with van der Waals surface area (Å²) in [6, 6.07) is 10.3. The normalized spacial score (nSPS) is 10.8. The number of anilines is 1. The van der Waals surface area contributed by atoms with Gasteiger partial charge in [0.25, 0.3) is 0 Å². The molecule has 0 radical (unpaired) electrons. The lowest BCUT2D eigenvalue weighted by molar-refractivity contribution is -0.113. The second kappa shape index (κ2) is 7.92. The molecule has 0 aliphatic rings. The monoisotopic (exact) mass is 378 g/mol. The van der Waals surface area contributed by atoms with E-state index >= 15 is 0 Å². The molecule has 124 valence electrons. The minimum Gasteiger partial charge on any atom is -0.301 e. The molecule has 2 aromatic heterocycles. The van der Waals surface area contributed by atoms with E-state index in [1.165, 1.54) is 28.3 Å². The van der Waals surface area contributed by atoms with Crippen LogP contribution in [-0.4, -0.2) is 16.6 Å². The maximum Gasteiger partial charge on any atom is 0.236 e. The van der Waals surface area contributed by atoms with E-state index in [2.05, 4.69) is 16.4 Å². The fraction of sp³-hybridized carbons (Fsp3) is 0.176. The molecule has 0 aliphatic heterocycles. The van der Waals surface area contributed by atoms with E-state index in [-0.39, 0.29) is 11.7 Å². The molecule has 1 N–H and O–H groups in total. The predicted octanol–water partition coefficient (Wildman–Crippen LogP) is 5.19. The summed E-state index contributed by atoms with van der Waals surface area (Å²) in [7, 11) is 0. The third-order valence-corrected chi connectivity index (χ3v) is 6.14. The Bertz CT molecular complexity index is 813. The first-order chi connectivity index (χ1) is 11.6. The van der Waals surface area contributed by atoms with Crippen LogP contribution in [0.3, 0.4) is 0 Å². The van der Waals surface area contributed by atoms with Gasteiger partial charge in [0.05, 0.1) is 11.4 Å². The molecule has 0 spiro atoms. The lowest BCUT2D eigenvalue weighted by Gasteiger charge is -2.01. The minimum atomic E-state index is -0.275. The van der Waals surface area contributed by atoms with Gasteiger partial charge < -0.3 is 5.32 Å². The number of halogens is 1. The summed E-state index contributed by atoms with van der Waals surface area (Å²) in [6.07, 6.45) is 0. The SMILES string of the molecule is Cc1sc(NC(=O)CSCc2cccs2)nc1-c1ccc(F)cc1. The number of amides is 1. The van der Waals surface area contributed by atoms with Gasteiger partial charge in [0, 0.05) is 21.1 Å². The summed E-state index contributed by atoms with van der Waals surface area (Å²) >= 11 is 4.70. The number of nitrogens with zero attached hydrogens (tertiary/aromatic N) is 1. The van der Waals surface area contributed by atoms with Crippen molar-refractivity contribution in [1.82, 2.24) is 4.98 Å². The molecule has 0 fully saturated rings. The van der Waals surface area contributed by atoms with Crippen LogP contribution in [0.5, 0.6) is 0 Å². The summed E-state index contributed by atoms with van der Waals surface area (Å²) in [5.74, 6) is 0.893.